The van der Waals surface area contributed by atoms with Crippen LogP contribution in [0.15, 0.2) is 48.7 Å². The van der Waals surface area contributed by atoms with E-state index in [0.717, 1.165) is 22.3 Å². The molecule has 0 saturated carbocycles. The van der Waals surface area contributed by atoms with Crippen molar-refractivity contribution in [3.05, 3.63) is 54.2 Å². The minimum atomic E-state index is -4.07. The normalized spacial score (nSPS) is 11.0. The molecule has 138 valence electrons. The Balaban J connectivity index is 0.00000196. The standard InChI is InChI=1S/C18H19N2O5P.Na.H/c1-24-17-9-14-15(7-8-19-16(14)10-18(17)25-2)20-13-5-3-12(4-6-13)11-26(21,22)23;;/h3-10H,11H2,1-2H3,(H,19,20)(H2,21,22,23);;/q;+1;-1. The molecule has 0 radical (unpaired) electrons. The molecule has 0 bridgehead atoms. The van der Waals surface area contributed by atoms with E-state index in [2.05, 4.69) is 10.3 Å². The van der Waals surface area contributed by atoms with Gasteiger partial charge in [0.25, 0.3) is 0 Å². The second kappa shape index (κ2) is 9.06. The molecule has 27 heavy (non-hydrogen) atoms. The first-order valence-corrected chi connectivity index (χ1v) is 9.60. The average Bonchev–Trinajstić information content (AvgIpc) is 2.61. The van der Waals surface area contributed by atoms with Gasteiger partial charge in [-0.1, -0.05) is 12.1 Å². The molecule has 0 aliphatic rings. The number of anilines is 2. The predicted molar refractivity (Wildman–Crippen MR) is 101 cm³/mol. The maximum Gasteiger partial charge on any atom is 1.00 e. The summed E-state index contributed by atoms with van der Waals surface area (Å²) in [4.78, 5) is 22.5. The van der Waals surface area contributed by atoms with Gasteiger partial charge in [-0.15, -0.1) is 0 Å². The van der Waals surface area contributed by atoms with Crippen molar-refractivity contribution in [3.63, 3.8) is 0 Å². The first-order chi connectivity index (χ1) is 12.4. The number of hydrogen-bond acceptors (Lipinski definition) is 5. The van der Waals surface area contributed by atoms with Crippen molar-refractivity contribution >= 4 is 29.9 Å². The third-order valence-corrected chi connectivity index (χ3v) is 4.65. The SMILES string of the molecule is COc1cc2nccc(Nc3ccc(CP(=O)(O)O)cc3)c2cc1OC.[H-].[Na+]. The Morgan fingerprint density at radius 1 is 1.07 bits per heavy atom. The van der Waals surface area contributed by atoms with Crippen molar-refractivity contribution in [1.82, 2.24) is 4.98 Å². The van der Waals surface area contributed by atoms with E-state index >= 15 is 0 Å². The van der Waals surface area contributed by atoms with Gasteiger partial charge in [0.2, 0.25) is 0 Å². The van der Waals surface area contributed by atoms with Crippen LogP contribution in [-0.2, 0) is 10.7 Å². The summed E-state index contributed by atoms with van der Waals surface area (Å²) >= 11 is 0. The summed E-state index contributed by atoms with van der Waals surface area (Å²) < 4.78 is 21.7. The van der Waals surface area contributed by atoms with Gasteiger partial charge in [-0.25, -0.2) is 0 Å². The van der Waals surface area contributed by atoms with Crippen molar-refractivity contribution in [1.29, 1.82) is 0 Å². The Bertz CT molecular complexity index is 982. The van der Waals surface area contributed by atoms with Crippen molar-refractivity contribution in [3.8, 4) is 11.5 Å². The second-order valence-electron chi connectivity index (χ2n) is 5.73. The van der Waals surface area contributed by atoms with E-state index in [1.165, 1.54) is 0 Å². The summed E-state index contributed by atoms with van der Waals surface area (Å²) in [5.74, 6) is 1.21. The average molecular weight is 398 g/mol. The van der Waals surface area contributed by atoms with E-state index in [9.17, 15) is 4.57 Å². The Morgan fingerprint density at radius 2 is 1.70 bits per heavy atom. The van der Waals surface area contributed by atoms with Gasteiger partial charge in [0.1, 0.15) is 0 Å². The van der Waals surface area contributed by atoms with E-state index in [-0.39, 0.29) is 37.1 Å². The van der Waals surface area contributed by atoms with Crippen molar-refractivity contribution in [2.45, 2.75) is 6.16 Å². The number of methoxy groups -OCH3 is 2. The molecule has 3 rings (SSSR count). The molecular formula is C18H20N2NaO5P. The number of nitrogens with one attached hydrogen (secondary N) is 1. The molecule has 1 heterocycles. The van der Waals surface area contributed by atoms with Crippen LogP contribution in [0.2, 0.25) is 0 Å². The van der Waals surface area contributed by atoms with Gasteiger partial charge in [-0.3, -0.25) is 9.55 Å². The minimum Gasteiger partial charge on any atom is -1.00 e. The van der Waals surface area contributed by atoms with Crippen molar-refractivity contribution < 1.29 is 54.8 Å². The Hall–Kier alpha value is -1.60. The van der Waals surface area contributed by atoms with Crippen LogP contribution in [0.5, 0.6) is 11.5 Å². The Kier molecular flexibility index (Phi) is 7.28. The summed E-state index contributed by atoms with van der Waals surface area (Å²) in [6, 6.07) is 12.4. The number of nitrogens with zero attached hydrogens (tertiary/aromatic N) is 1. The fraction of sp³-hybridized carbons (Fsp3) is 0.167. The van der Waals surface area contributed by atoms with Gasteiger partial charge >= 0.3 is 37.2 Å². The topological polar surface area (TPSA) is 101 Å². The molecule has 3 aromatic rings. The molecule has 2 aromatic carbocycles. The molecule has 9 heteroatoms. The van der Waals surface area contributed by atoms with Crippen molar-refractivity contribution in [2.75, 3.05) is 19.5 Å². The number of hydrogen-bond donors (Lipinski definition) is 3. The predicted octanol–water partition coefficient (Wildman–Crippen LogP) is 0.790. The third kappa shape index (κ3) is 5.45. The zero-order chi connectivity index (χ0) is 18.7. The molecule has 0 aliphatic heterocycles. The van der Waals surface area contributed by atoms with Crippen molar-refractivity contribution in [2.24, 2.45) is 0 Å². The Labute approximate surface area is 180 Å². The number of ether oxygens (including phenoxy) is 2. The summed E-state index contributed by atoms with van der Waals surface area (Å²) in [5.41, 5.74) is 2.96. The number of fused-ring (bicyclic) bond motifs is 1. The maximum absolute atomic E-state index is 11.1. The van der Waals surface area contributed by atoms with Crippen LogP contribution in [0.1, 0.15) is 6.99 Å². The number of pyridine rings is 1. The molecule has 0 unspecified atom stereocenters. The van der Waals surface area contributed by atoms with Crippen LogP contribution in [0.4, 0.5) is 11.4 Å². The van der Waals surface area contributed by atoms with Gasteiger partial charge in [0.15, 0.2) is 11.5 Å². The van der Waals surface area contributed by atoms with Crippen LogP contribution in [0, 0.1) is 0 Å². The van der Waals surface area contributed by atoms with E-state index in [0.29, 0.717) is 17.1 Å². The molecule has 0 atom stereocenters. The molecule has 3 N–H and O–H groups in total. The second-order valence-corrected chi connectivity index (χ2v) is 7.37. The fourth-order valence-electron chi connectivity index (χ4n) is 2.67. The first kappa shape index (κ1) is 21.7. The molecule has 0 saturated heterocycles. The first-order valence-electron chi connectivity index (χ1n) is 7.81. The quantitative estimate of drug-likeness (QED) is 0.417. The largest absolute Gasteiger partial charge is 1.00 e. The van der Waals surface area contributed by atoms with Crippen LogP contribution in [0.25, 0.3) is 10.9 Å². The summed E-state index contributed by atoms with van der Waals surface area (Å²) in [7, 11) is -0.923. The van der Waals surface area contributed by atoms with Gasteiger partial charge in [0, 0.05) is 29.0 Å². The number of benzene rings is 2. The zero-order valence-corrected chi connectivity index (χ0v) is 18.2. The van der Waals surface area contributed by atoms with Crippen LogP contribution in [0.3, 0.4) is 0 Å². The van der Waals surface area contributed by atoms with E-state index in [1.807, 2.05) is 18.2 Å². The molecule has 1 aromatic heterocycles. The zero-order valence-electron chi connectivity index (χ0n) is 16.3. The summed E-state index contributed by atoms with van der Waals surface area (Å²) in [6.07, 6.45) is 1.42. The number of aromatic nitrogens is 1. The number of rotatable bonds is 6. The third-order valence-electron chi connectivity index (χ3n) is 3.87. The van der Waals surface area contributed by atoms with Gasteiger partial charge in [-0.2, -0.15) is 0 Å². The fourth-order valence-corrected chi connectivity index (χ4v) is 3.35. The molecule has 0 fully saturated rings. The summed E-state index contributed by atoms with van der Waals surface area (Å²) in [5, 5.41) is 4.16. The van der Waals surface area contributed by atoms with E-state index in [4.69, 9.17) is 19.3 Å². The molecule has 7 nitrogen and oxygen atoms in total. The molecule has 0 spiro atoms. The summed E-state index contributed by atoms with van der Waals surface area (Å²) in [6.45, 7) is 0. The molecule has 0 aliphatic carbocycles. The molecular weight excluding hydrogens is 378 g/mol. The van der Waals surface area contributed by atoms with Crippen LogP contribution >= 0.6 is 7.60 Å². The van der Waals surface area contributed by atoms with E-state index in [1.54, 1.807) is 44.7 Å². The minimum absolute atomic E-state index is 0. The Morgan fingerprint density at radius 3 is 2.30 bits per heavy atom. The van der Waals surface area contributed by atoms with Gasteiger partial charge in [0.05, 0.1) is 25.9 Å². The van der Waals surface area contributed by atoms with Crippen LogP contribution < -0.4 is 44.3 Å². The smallest absolute Gasteiger partial charge is 1.00 e. The maximum atomic E-state index is 11.1. The molecule has 0 amide bonds. The van der Waals surface area contributed by atoms with Gasteiger partial charge in [-0.05, 0) is 29.8 Å². The van der Waals surface area contributed by atoms with Gasteiger partial charge < -0.3 is 26.0 Å². The monoisotopic (exact) mass is 398 g/mol. The van der Waals surface area contributed by atoms with Crippen LogP contribution in [-0.4, -0.2) is 29.0 Å². The van der Waals surface area contributed by atoms with E-state index < -0.39 is 7.60 Å².